The van der Waals surface area contributed by atoms with Gasteiger partial charge in [-0.3, -0.25) is 0 Å². The van der Waals surface area contributed by atoms with E-state index in [0.717, 1.165) is 25.5 Å². The van der Waals surface area contributed by atoms with Gasteiger partial charge in [-0.15, -0.1) is 0 Å². The third-order valence-electron chi connectivity index (χ3n) is 1.79. The maximum atomic E-state index is 5.03. The highest BCUT2D eigenvalue weighted by atomic mass is 16.5. The normalized spacial score (nSPS) is 13.1. The van der Waals surface area contributed by atoms with Crippen molar-refractivity contribution < 1.29 is 4.74 Å². The second-order valence-electron chi connectivity index (χ2n) is 3.23. The van der Waals surface area contributed by atoms with E-state index in [4.69, 9.17) is 4.74 Å². The summed E-state index contributed by atoms with van der Waals surface area (Å²) < 4.78 is 5.03. The van der Waals surface area contributed by atoms with Crippen LogP contribution in [0.3, 0.4) is 0 Å². The summed E-state index contributed by atoms with van der Waals surface area (Å²) >= 11 is 0. The molecule has 0 amide bonds. The van der Waals surface area contributed by atoms with E-state index < -0.39 is 0 Å². The number of nitrogens with one attached hydrogen (secondary N) is 2. The molecule has 2 N–H and O–H groups in total. The number of imidazole rings is 1. The van der Waals surface area contributed by atoms with E-state index in [-0.39, 0.29) is 0 Å². The number of methoxy groups -OCH3 is 1. The van der Waals surface area contributed by atoms with Crippen molar-refractivity contribution in [2.24, 2.45) is 5.92 Å². The molecule has 0 saturated heterocycles. The molecule has 0 bridgehead atoms. The largest absolute Gasteiger partial charge is 0.384 e. The quantitative estimate of drug-likeness (QED) is 0.685. The van der Waals surface area contributed by atoms with Crippen molar-refractivity contribution in [3.05, 3.63) is 18.2 Å². The standard InChI is InChI=1S/C9H17N3O/c1-8(7-13-2)5-10-6-9-11-3-4-12-9/h3-4,8,10H,5-7H2,1-2H3,(H,11,12). The maximum Gasteiger partial charge on any atom is 0.120 e. The summed E-state index contributed by atoms with van der Waals surface area (Å²) in [7, 11) is 1.73. The fourth-order valence-corrected chi connectivity index (χ4v) is 1.18. The molecule has 4 nitrogen and oxygen atoms in total. The van der Waals surface area contributed by atoms with Gasteiger partial charge in [0.15, 0.2) is 0 Å². The first-order valence-electron chi connectivity index (χ1n) is 4.51. The third kappa shape index (κ3) is 4.05. The molecular formula is C9H17N3O. The molecule has 74 valence electrons. The molecule has 0 spiro atoms. The van der Waals surface area contributed by atoms with E-state index in [2.05, 4.69) is 22.2 Å². The molecule has 1 aromatic heterocycles. The van der Waals surface area contributed by atoms with Gasteiger partial charge >= 0.3 is 0 Å². The summed E-state index contributed by atoms with van der Waals surface area (Å²) in [4.78, 5) is 7.15. The number of aromatic amines is 1. The van der Waals surface area contributed by atoms with Crippen molar-refractivity contribution in [1.29, 1.82) is 0 Å². The van der Waals surface area contributed by atoms with E-state index in [1.54, 1.807) is 13.3 Å². The van der Waals surface area contributed by atoms with Crippen molar-refractivity contribution in [2.45, 2.75) is 13.5 Å². The second kappa shape index (κ2) is 5.72. The molecule has 13 heavy (non-hydrogen) atoms. The van der Waals surface area contributed by atoms with Gasteiger partial charge < -0.3 is 15.0 Å². The van der Waals surface area contributed by atoms with Gasteiger partial charge in [0.2, 0.25) is 0 Å². The van der Waals surface area contributed by atoms with Crippen LogP contribution in [0.4, 0.5) is 0 Å². The lowest BCUT2D eigenvalue weighted by Crippen LogP contribution is -2.23. The Balaban J connectivity index is 2.07. The van der Waals surface area contributed by atoms with Gasteiger partial charge in [0.25, 0.3) is 0 Å². The smallest absolute Gasteiger partial charge is 0.120 e. The van der Waals surface area contributed by atoms with E-state index in [9.17, 15) is 0 Å². The molecule has 0 aliphatic carbocycles. The van der Waals surface area contributed by atoms with Crippen LogP contribution in [0.25, 0.3) is 0 Å². The van der Waals surface area contributed by atoms with Crippen LogP contribution in [0.2, 0.25) is 0 Å². The first-order valence-corrected chi connectivity index (χ1v) is 4.51. The number of rotatable bonds is 6. The third-order valence-corrected chi connectivity index (χ3v) is 1.79. The van der Waals surface area contributed by atoms with Crippen LogP contribution in [0.5, 0.6) is 0 Å². The molecule has 0 aliphatic rings. The molecule has 1 unspecified atom stereocenters. The van der Waals surface area contributed by atoms with Crippen LogP contribution in [-0.2, 0) is 11.3 Å². The zero-order valence-electron chi connectivity index (χ0n) is 8.21. The number of hydrogen-bond acceptors (Lipinski definition) is 3. The van der Waals surface area contributed by atoms with E-state index in [1.807, 2.05) is 6.20 Å². The lowest BCUT2D eigenvalue weighted by molar-refractivity contribution is 0.158. The molecular weight excluding hydrogens is 166 g/mol. The highest BCUT2D eigenvalue weighted by molar-refractivity contribution is 4.85. The molecule has 1 heterocycles. The van der Waals surface area contributed by atoms with Crippen molar-refractivity contribution in [2.75, 3.05) is 20.3 Å². The number of hydrogen-bond donors (Lipinski definition) is 2. The molecule has 1 aromatic rings. The molecule has 0 saturated carbocycles. The fraction of sp³-hybridized carbons (Fsp3) is 0.667. The lowest BCUT2D eigenvalue weighted by atomic mass is 10.2. The van der Waals surface area contributed by atoms with Crippen LogP contribution in [-0.4, -0.2) is 30.2 Å². The highest BCUT2D eigenvalue weighted by Crippen LogP contribution is 1.93. The van der Waals surface area contributed by atoms with Crippen LogP contribution in [0.15, 0.2) is 12.4 Å². The predicted octanol–water partition coefficient (Wildman–Crippen LogP) is 0.782. The summed E-state index contributed by atoms with van der Waals surface area (Å²) in [5, 5.41) is 3.30. The predicted molar refractivity (Wildman–Crippen MR) is 51.3 cm³/mol. The van der Waals surface area contributed by atoms with Gasteiger partial charge in [0, 0.05) is 32.7 Å². The first kappa shape index (κ1) is 10.2. The monoisotopic (exact) mass is 183 g/mol. The average molecular weight is 183 g/mol. The van der Waals surface area contributed by atoms with E-state index >= 15 is 0 Å². The number of ether oxygens (including phenoxy) is 1. The van der Waals surface area contributed by atoms with Gasteiger partial charge in [-0.05, 0) is 5.92 Å². The Kier molecular flexibility index (Phi) is 4.49. The molecule has 0 aliphatic heterocycles. The minimum atomic E-state index is 0.542. The van der Waals surface area contributed by atoms with Gasteiger partial charge in [-0.25, -0.2) is 4.98 Å². The van der Waals surface area contributed by atoms with Crippen LogP contribution < -0.4 is 5.32 Å². The summed E-state index contributed by atoms with van der Waals surface area (Å²) in [5.41, 5.74) is 0. The number of nitrogens with zero attached hydrogens (tertiary/aromatic N) is 1. The first-order chi connectivity index (χ1) is 6.33. The Morgan fingerprint density at radius 2 is 2.54 bits per heavy atom. The summed E-state index contributed by atoms with van der Waals surface area (Å²) in [6, 6.07) is 0. The molecule has 0 aromatic carbocycles. The maximum absolute atomic E-state index is 5.03. The Hall–Kier alpha value is -0.870. The van der Waals surface area contributed by atoms with Gasteiger partial charge in [0.05, 0.1) is 6.54 Å². The average Bonchev–Trinajstić information content (AvgIpc) is 2.57. The lowest BCUT2D eigenvalue weighted by Gasteiger charge is -2.10. The van der Waals surface area contributed by atoms with E-state index in [1.165, 1.54) is 0 Å². The Morgan fingerprint density at radius 1 is 1.69 bits per heavy atom. The summed E-state index contributed by atoms with van der Waals surface area (Å²) in [6.07, 6.45) is 3.59. The zero-order valence-corrected chi connectivity index (χ0v) is 8.21. The molecule has 0 fully saturated rings. The van der Waals surface area contributed by atoms with E-state index in [0.29, 0.717) is 5.92 Å². The Morgan fingerprint density at radius 3 is 3.15 bits per heavy atom. The Labute approximate surface area is 78.7 Å². The molecule has 0 radical (unpaired) electrons. The second-order valence-corrected chi connectivity index (χ2v) is 3.23. The SMILES string of the molecule is COCC(C)CNCc1ncc[nH]1. The minimum Gasteiger partial charge on any atom is -0.384 e. The minimum absolute atomic E-state index is 0.542. The number of H-pyrrole nitrogens is 1. The fourth-order valence-electron chi connectivity index (χ4n) is 1.18. The van der Waals surface area contributed by atoms with Crippen LogP contribution in [0.1, 0.15) is 12.7 Å². The van der Waals surface area contributed by atoms with Crippen molar-refractivity contribution in [1.82, 2.24) is 15.3 Å². The van der Waals surface area contributed by atoms with Crippen LogP contribution >= 0.6 is 0 Å². The van der Waals surface area contributed by atoms with Crippen molar-refractivity contribution in [3.63, 3.8) is 0 Å². The molecule has 1 rings (SSSR count). The van der Waals surface area contributed by atoms with Gasteiger partial charge in [-0.1, -0.05) is 6.92 Å². The molecule has 4 heteroatoms. The van der Waals surface area contributed by atoms with Crippen molar-refractivity contribution in [3.8, 4) is 0 Å². The number of aromatic nitrogens is 2. The van der Waals surface area contributed by atoms with Crippen molar-refractivity contribution >= 4 is 0 Å². The topological polar surface area (TPSA) is 49.9 Å². The van der Waals surface area contributed by atoms with Gasteiger partial charge in [0.1, 0.15) is 5.82 Å². The van der Waals surface area contributed by atoms with Gasteiger partial charge in [-0.2, -0.15) is 0 Å². The zero-order chi connectivity index (χ0) is 9.52. The summed E-state index contributed by atoms with van der Waals surface area (Å²) in [6.45, 7) is 4.69. The van der Waals surface area contributed by atoms with Crippen LogP contribution in [0, 0.1) is 5.92 Å². The highest BCUT2D eigenvalue weighted by Gasteiger charge is 2.00. The summed E-state index contributed by atoms with van der Waals surface area (Å²) in [5.74, 6) is 1.52. The Bertz CT molecular complexity index is 211. The molecule has 1 atom stereocenters.